The fourth-order valence-electron chi connectivity index (χ4n) is 3.97. The van der Waals surface area contributed by atoms with Crippen molar-refractivity contribution < 1.29 is 0 Å². The topological polar surface area (TPSA) is 49.0 Å². The highest BCUT2D eigenvalue weighted by Crippen LogP contribution is 2.37. The van der Waals surface area contributed by atoms with Crippen LogP contribution in [0.25, 0.3) is 0 Å². The van der Waals surface area contributed by atoms with Gasteiger partial charge in [0.1, 0.15) is 5.82 Å². The molecule has 1 N–H and O–H groups in total. The minimum atomic E-state index is -0.131. The number of aromatic amines is 1. The number of H-pyrrole nitrogens is 1. The summed E-state index contributed by atoms with van der Waals surface area (Å²) in [6.45, 7) is 1.76. The van der Waals surface area contributed by atoms with Crippen molar-refractivity contribution >= 4 is 23.2 Å². The third-order valence-corrected chi connectivity index (χ3v) is 6.07. The molecular weight excluding hydrogens is 393 g/mol. The number of hydrogen-bond donors (Lipinski definition) is 1. The maximum atomic E-state index is 11.9. The summed E-state index contributed by atoms with van der Waals surface area (Å²) >= 11 is 12.4. The molecule has 0 saturated carbocycles. The van der Waals surface area contributed by atoms with Gasteiger partial charge in [0.2, 0.25) is 0 Å². The standard InChI is InChI=1S/C22H21Cl2N3O/c23-18-9-8-16(13-19(18)24)20-7-4-12-27(20)14-17(15-5-2-1-3-6-15)22-25-11-10-21(28)26-22/h1-3,5-6,8-11,13,17,20H,4,7,12,14H2,(H,25,26,28). The Labute approximate surface area is 174 Å². The van der Waals surface area contributed by atoms with Gasteiger partial charge in [0.25, 0.3) is 5.56 Å². The normalized spacial score (nSPS) is 18.3. The number of aromatic nitrogens is 2. The van der Waals surface area contributed by atoms with Crippen molar-refractivity contribution in [1.29, 1.82) is 0 Å². The molecule has 0 amide bonds. The summed E-state index contributed by atoms with van der Waals surface area (Å²) in [5.74, 6) is 0.678. The van der Waals surface area contributed by atoms with E-state index in [2.05, 4.69) is 33.1 Å². The van der Waals surface area contributed by atoms with Crippen molar-refractivity contribution in [1.82, 2.24) is 14.9 Å². The first-order valence-corrected chi connectivity index (χ1v) is 10.2. The second kappa shape index (κ2) is 8.48. The van der Waals surface area contributed by atoms with E-state index in [1.54, 1.807) is 6.20 Å². The van der Waals surface area contributed by atoms with Gasteiger partial charge in [-0.3, -0.25) is 9.69 Å². The maximum Gasteiger partial charge on any atom is 0.250 e. The molecule has 0 spiro atoms. The Hall–Kier alpha value is -2.14. The van der Waals surface area contributed by atoms with Crippen molar-refractivity contribution in [2.24, 2.45) is 0 Å². The molecule has 2 atom stereocenters. The average Bonchev–Trinajstić information content (AvgIpc) is 3.17. The van der Waals surface area contributed by atoms with Gasteiger partial charge in [0.05, 0.1) is 16.0 Å². The quantitative estimate of drug-likeness (QED) is 0.636. The molecule has 2 unspecified atom stereocenters. The van der Waals surface area contributed by atoms with Gasteiger partial charge < -0.3 is 4.98 Å². The molecule has 4 nitrogen and oxygen atoms in total. The van der Waals surface area contributed by atoms with Crippen molar-refractivity contribution in [2.75, 3.05) is 13.1 Å². The number of nitrogens with zero attached hydrogens (tertiary/aromatic N) is 2. The Morgan fingerprint density at radius 1 is 1.11 bits per heavy atom. The van der Waals surface area contributed by atoms with Crippen LogP contribution >= 0.6 is 23.2 Å². The summed E-state index contributed by atoms with van der Waals surface area (Å²) in [4.78, 5) is 21.7. The molecule has 1 fully saturated rings. The van der Waals surface area contributed by atoms with Gasteiger partial charge in [-0.15, -0.1) is 0 Å². The lowest BCUT2D eigenvalue weighted by Gasteiger charge is -2.29. The number of benzene rings is 2. The van der Waals surface area contributed by atoms with Gasteiger partial charge >= 0.3 is 0 Å². The van der Waals surface area contributed by atoms with Crippen LogP contribution in [0.4, 0.5) is 0 Å². The predicted octanol–water partition coefficient (Wildman–Crippen LogP) is 5.05. The van der Waals surface area contributed by atoms with Crippen LogP contribution in [0.3, 0.4) is 0 Å². The SMILES string of the molecule is O=c1ccnc(C(CN2CCCC2c2ccc(Cl)c(Cl)c2)c2ccccc2)[nH]1. The Morgan fingerprint density at radius 2 is 1.93 bits per heavy atom. The lowest BCUT2D eigenvalue weighted by molar-refractivity contribution is 0.247. The zero-order chi connectivity index (χ0) is 19.5. The predicted molar refractivity (Wildman–Crippen MR) is 113 cm³/mol. The molecule has 1 aliphatic heterocycles. The van der Waals surface area contributed by atoms with Crippen molar-refractivity contribution in [3.05, 3.63) is 98.1 Å². The molecule has 1 aliphatic rings. The van der Waals surface area contributed by atoms with E-state index in [4.69, 9.17) is 23.2 Å². The first kappa shape index (κ1) is 19.2. The van der Waals surface area contributed by atoms with Gasteiger partial charge in [-0.25, -0.2) is 4.98 Å². The molecule has 6 heteroatoms. The number of halogens is 2. The Bertz CT molecular complexity index is 1010. The molecule has 2 heterocycles. The number of nitrogens with one attached hydrogen (secondary N) is 1. The van der Waals surface area contributed by atoms with Crippen LogP contribution in [0.5, 0.6) is 0 Å². The van der Waals surface area contributed by atoms with E-state index >= 15 is 0 Å². The van der Waals surface area contributed by atoms with Gasteiger partial charge in [0.15, 0.2) is 0 Å². The highest BCUT2D eigenvalue weighted by Gasteiger charge is 2.30. The van der Waals surface area contributed by atoms with Gasteiger partial charge in [-0.05, 0) is 42.6 Å². The Kier molecular flexibility index (Phi) is 5.81. The molecule has 4 rings (SSSR count). The first-order valence-electron chi connectivity index (χ1n) is 9.41. The number of hydrogen-bond acceptors (Lipinski definition) is 3. The molecule has 144 valence electrons. The van der Waals surface area contributed by atoms with Gasteiger partial charge in [-0.1, -0.05) is 59.6 Å². The molecule has 3 aromatic rings. The molecular formula is C22H21Cl2N3O. The minimum Gasteiger partial charge on any atom is -0.310 e. The maximum absolute atomic E-state index is 11.9. The van der Waals surface area contributed by atoms with E-state index in [1.807, 2.05) is 30.3 Å². The van der Waals surface area contributed by atoms with Crippen molar-refractivity contribution in [2.45, 2.75) is 24.8 Å². The highest BCUT2D eigenvalue weighted by molar-refractivity contribution is 6.42. The molecule has 0 radical (unpaired) electrons. The van der Waals surface area contributed by atoms with E-state index in [0.717, 1.165) is 31.5 Å². The molecule has 2 aromatic carbocycles. The van der Waals surface area contributed by atoms with E-state index in [1.165, 1.54) is 11.6 Å². The van der Waals surface area contributed by atoms with Crippen LogP contribution in [-0.2, 0) is 0 Å². The van der Waals surface area contributed by atoms with Crippen LogP contribution in [0.15, 0.2) is 65.6 Å². The minimum absolute atomic E-state index is 0.0153. The van der Waals surface area contributed by atoms with Crippen molar-refractivity contribution in [3.63, 3.8) is 0 Å². The molecule has 0 aliphatic carbocycles. The molecule has 1 saturated heterocycles. The third kappa shape index (κ3) is 4.14. The largest absolute Gasteiger partial charge is 0.310 e. The van der Waals surface area contributed by atoms with Crippen LogP contribution in [0.1, 0.15) is 41.8 Å². The number of rotatable bonds is 5. The fraction of sp³-hybridized carbons (Fsp3) is 0.273. The number of likely N-dealkylation sites (tertiary alicyclic amines) is 1. The van der Waals surface area contributed by atoms with E-state index in [9.17, 15) is 4.79 Å². The third-order valence-electron chi connectivity index (χ3n) is 5.33. The van der Waals surface area contributed by atoms with Gasteiger partial charge in [-0.2, -0.15) is 0 Å². The van der Waals surface area contributed by atoms with Crippen LogP contribution < -0.4 is 5.56 Å². The molecule has 28 heavy (non-hydrogen) atoms. The second-order valence-corrected chi connectivity index (χ2v) is 7.92. The Balaban J connectivity index is 1.66. The summed E-state index contributed by atoms with van der Waals surface area (Å²) in [7, 11) is 0. The van der Waals surface area contributed by atoms with Crippen LogP contribution in [-0.4, -0.2) is 28.0 Å². The highest BCUT2D eigenvalue weighted by atomic mass is 35.5. The monoisotopic (exact) mass is 413 g/mol. The second-order valence-electron chi connectivity index (χ2n) is 7.11. The van der Waals surface area contributed by atoms with Crippen molar-refractivity contribution in [3.8, 4) is 0 Å². The van der Waals surface area contributed by atoms with Gasteiger partial charge in [0, 0.05) is 24.8 Å². The lowest BCUT2D eigenvalue weighted by Crippen LogP contribution is -2.30. The smallest absolute Gasteiger partial charge is 0.250 e. The summed E-state index contributed by atoms with van der Waals surface area (Å²) in [6, 6.07) is 17.8. The molecule has 0 bridgehead atoms. The van der Waals surface area contributed by atoms with Crippen LogP contribution in [0, 0.1) is 0 Å². The van der Waals surface area contributed by atoms with Crippen LogP contribution in [0.2, 0.25) is 10.0 Å². The lowest BCUT2D eigenvalue weighted by atomic mass is 9.96. The summed E-state index contributed by atoms with van der Waals surface area (Å²) in [6.07, 6.45) is 3.76. The summed E-state index contributed by atoms with van der Waals surface area (Å²) in [5, 5.41) is 1.16. The fourth-order valence-corrected chi connectivity index (χ4v) is 4.28. The summed E-state index contributed by atoms with van der Waals surface area (Å²) in [5.41, 5.74) is 2.18. The van der Waals surface area contributed by atoms with E-state index in [-0.39, 0.29) is 17.5 Å². The zero-order valence-electron chi connectivity index (χ0n) is 15.3. The molecule has 1 aromatic heterocycles. The zero-order valence-corrected chi connectivity index (χ0v) is 16.8. The Morgan fingerprint density at radius 3 is 2.68 bits per heavy atom. The van der Waals surface area contributed by atoms with E-state index in [0.29, 0.717) is 15.9 Å². The van der Waals surface area contributed by atoms with E-state index < -0.39 is 0 Å². The summed E-state index contributed by atoms with van der Waals surface area (Å²) < 4.78 is 0. The average molecular weight is 414 g/mol. The first-order chi connectivity index (χ1) is 13.6.